The lowest BCUT2D eigenvalue weighted by Crippen LogP contribution is -2.01. The van der Waals surface area contributed by atoms with E-state index in [1.54, 1.807) is 6.20 Å². The van der Waals surface area contributed by atoms with Gasteiger partial charge in [0, 0.05) is 10.7 Å². The number of halogens is 1. The Morgan fingerprint density at radius 2 is 2.05 bits per heavy atom. The van der Waals surface area contributed by atoms with Gasteiger partial charge >= 0.3 is 0 Å². The largest absolute Gasteiger partial charge is 0.489 e. The SMILES string of the molecule is CC(C)c1cc(Br)ccc1OCc1ccnc(N)c1. The fourth-order valence-corrected chi connectivity index (χ4v) is 2.23. The standard InChI is InChI=1S/C15H17BrN2O/c1-10(2)13-8-12(16)3-4-14(13)19-9-11-5-6-18-15(17)7-11/h3-8,10H,9H2,1-2H3,(H2,17,18). The second-order valence-electron chi connectivity index (χ2n) is 4.71. The topological polar surface area (TPSA) is 48.1 Å². The van der Waals surface area contributed by atoms with Gasteiger partial charge in [-0.3, -0.25) is 0 Å². The first kappa shape index (κ1) is 13.9. The van der Waals surface area contributed by atoms with Crippen LogP contribution in [0.3, 0.4) is 0 Å². The molecular weight excluding hydrogens is 304 g/mol. The molecule has 0 saturated carbocycles. The molecule has 0 radical (unpaired) electrons. The first-order valence-electron chi connectivity index (χ1n) is 6.19. The highest BCUT2D eigenvalue weighted by Gasteiger charge is 2.08. The third-order valence-electron chi connectivity index (χ3n) is 2.83. The number of anilines is 1. The van der Waals surface area contributed by atoms with E-state index in [1.165, 1.54) is 5.56 Å². The Labute approximate surface area is 121 Å². The lowest BCUT2D eigenvalue weighted by molar-refractivity contribution is 0.301. The first-order chi connectivity index (χ1) is 9.06. The summed E-state index contributed by atoms with van der Waals surface area (Å²) in [5, 5.41) is 0. The van der Waals surface area contributed by atoms with Gasteiger partial charge in [-0.2, -0.15) is 0 Å². The van der Waals surface area contributed by atoms with Crippen LogP contribution in [0.4, 0.5) is 5.82 Å². The van der Waals surface area contributed by atoms with Crippen molar-refractivity contribution in [2.75, 3.05) is 5.73 Å². The van der Waals surface area contributed by atoms with Crippen LogP contribution < -0.4 is 10.5 Å². The second-order valence-corrected chi connectivity index (χ2v) is 5.63. The Balaban J connectivity index is 2.15. The van der Waals surface area contributed by atoms with Crippen LogP contribution in [-0.2, 0) is 6.61 Å². The smallest absolute Gasteiger partial charge is 0.123 e. The van der Waals surface area contributed by atoms with Crippen molar-refractivity contribution in [3.05, 3.63) is 52.1 Å². The highest BCUT2D eigenvalue weighted by molar-refractivity contribution is 9.10. The summed E-state index contributed by atoms with van der Waals surface area (Å²) >= 11 is 3.49. The van der Waals surface area contributed by atoms with Crippen LogP contribution in [0.2, 0.25) is 0 Å². The van der Waals surface area contributed by atoms with Gasteiger partial charge in [-0.15, -0.1) is 0 Å². The molecule has 1 heterocycles. The molecule has 0 aliphatic carbocycles. The van der Waals surface area contributed by atoms with Crippen molar-refractivity contribution >= 4 is 21.7 Å². The first-order valence-corrected chi connectivity index (χ1v) is 6.98. The summed E-state index contributed by atoms with van der Waals surface area (Å²) < 4.78 is 6.96. The quantitative estimate of drug-likeness (QED) is 0.921. The van der Waals surface area contributed by atoms with Gasteiger partial charge in [-0.05, 0) is 47.4 Å². The van der Waals surface area contributed by atoms with Crippen molar-refractivity contribution in [2.45, 2.75) is 26.4 Å². The summed E-state index contributed by atoms with van der Waals surface area (Å²) in [4.78, 5) is 3.97. The predicted molar refractivity (Wildman–Crippen MR) is 81.2 cm³/mol. The summed E-state index contributed by atoms with van der Waals surface area (Å²) in [6.07, 6.45) is 1.69. The molecule has 0 atom stereocenters. The molecule has 19 heavy (non-hydrogen) atoms. The fourth-order valence-electron chi connectivity index (χ4n) is 1.85. The molecule has 4 heteroatoms. The molecule has 0 saturated heterocycles. The summed E-state index contributed by atoms with van der Waals surface area (Å²) in [5.74, 6) is 1.84. The Kier molecular flexibility index (Phi) is 4.43. The van der Waals surface area contributed by atoms with Crippen molar-refractivity contribution in [1.82, 2.24) is 4.98 Å². The Hall–Kier alpha value is -1.55. The van der Waals surface area contributed by atoms with Gasteiger partial charge in [0.2, 0.25) is 0 Å². The second kappa shape index (κ2) is 6.06. The van der Waals surface area contributed by atoms with Crippen molar-refractivity contribution < 1.29 is 4.74 Å². The van der Waals surface area contributed by atoms with E-state index in [9.17, 15) is 0 Å². The number of nitrogens with zero attached hydrogens (tertiary/aromatic N) is 1. The molecular formula is C15H17BrN2O. The summed E-state index contributed by atoms with van der Waals surface area (Å²) in [6.45, 7) is 4.80. The monoisotopic (exact) mass is 320 g/mol. The van der Waals surface area contributed by atoms with Gasteiger partial charge in [0.1, 0.15) is 18.2 Å². The number of hydrogen-bond acceptors (Lipinski definition) is 3. The molecule has 3 nitrogen and oxygen atoms in total. The van der Waals surface area contributed by atoms with Crippen molar-refractivity contribution in [2.24, 2.45) is 0 Å². The molecule has 0 amide bonds. The van der Waals surface area contributed by atoms with E-state index in [-0.39, 0.29) is 0 Å². The molecule has 0 unspecified atom stereocenters. The number of pyridine rings is 1. The maximum Gasteiger partial charge on any atom is 0.123 e. The van der Waals surface area contributed by atoms with Crippen LogP contribution in [0.15, 0.2) is 41.0 Å². The number of nitrogens with two attached hydrogens (primary N) is 1. The van der Waals surface area contributed by atoms with Gasteiger partial charge in [0.15, 0.2) is 0 Å². The van der Waals surface area contributed by atoms with Crippen LogP contribution >= 0.6 is 15.9 Å². The van der Waals surface area contributed by atoms with Gasteiger partial charge < -0.3 is 10.5 Å². The van der Waals surface area contributed by atoms with Gasteiger partial charge in [-0.25, -0.2) is 4.98 Å². The molecule has 2 aromatic rings. The van der Waals surface area contributed by atoms with Crippen LogP contribution in [0.1, 0.15) is 30.9 Å². The average Bonchev–Trinajstić information content (AvgIpc) is 2.37. The van der Waals surface area contributed by atoms with E-state index in [2.05, 4.69) is 40.8 Å². The minimum Gasteiger partial charge on any atom is -0.489 e. The molecule has 0 fully saturated rings. The zero-order valence-corrected chi connectivity index (χ0v) is 12.6. The van der Waals surface area contributed by atoms with Crippen LogP contribution in [0.25, 0.3) is 0 Å². The Bertz CT molecular complexity index is 570. The number of rotatable bonds is 4. The van der Waals surface area contributed by atoms with E-state index in [4.69, 9.17) is 10.5 Å². The number of nitrogen functional groups attached to an aromatic ring is 1. The Morgan fingerprint density at radius 3 is 2.74 bits per heavy atom. The van der Waals surface area contributed by atoms with Crippen LogP contribution in [0.5, 0.6) is 5.75 Å². The van der Waals surface area contributed by atoms with E-state index < -0.39 is 0 Å². The number of aromatic nitrogens is 1. The maximum absolute atomic E-state index is 5.89. The average molecular weight is 321 g/mol. The zero-order valence-electron chi connectivity index (χ0n) is 11.1. The van der Waals surface area contributed by atoms with Gasteiger partial charge in [0.05, 0.1) is 0 Å². The van der Waals surface area contributed by atoms with E-state index in [0.717, 1.165) is 15.8 Å². The third-order valence-corrected chi connectivity index (χ3v) is 3.33. The molecule has 0 aliphatic rings. The Morgan fingerprint density at radius 1 is 1.26 bits per heavy atom. The summed E-state index contributed by atoms with van der Waals surface area (Å²) in [6, 6.07) is 9.81. The van der Waals surface area contributed by atoms with Crippen LogP contribution in [-0.4, -0.2) is 4.98 Å². The summed E-state index contributed by atoms with van der Waals surface area (Å²) in [5.41, 5.74) is 7.86. The highest BCUT2D eigenvalue weighted by atomic mass is 79.9. The molecule has 100 valence electrons. The highest BCUT2D eigenvalue weighted by Crippen LogP contribution is 2.30. The molecule has 2 N–H and O–H groups in total. The molecule has 2 rings (SSSR count). The lowest BCUT2D eigenvalue weighted by atomic mass is 10.0. The molecule has 0 spiro atoms. The van der Waals surface area contributed by atoms with E-state index in [0.29, 0.717) is 18.3 Å². The van der Waals surface area contributed by atoms with Gasteiger partial charge in [0.25, 0.3) is 0 Å². The molecule has 0 bridgehead atoms. The number of ether oxygens (including phenoxy) is 1. The lowest BCUT2D eigenvalue weighted by Gasteiger charge is -2.14. The molecule has 0 aliphatic heterocycles. The van der Waals surface area contributed by atoms with Gasteiger partial charge in [-0.1, -0.05) is 29.8 Å². The van der Waals surface area contributed by atoms with Crippen molar-refractivity contribution in [1.29, 1.82) is 0 Å². The zero-order chi connectivity index (χ0) is 13.8. The van der Waals surface area contributed by atoms with Crippen molar-refractivity contribution in [3.8, 4) is 5.75 Å². The number of benzene rings is 1. The minimum atomic E-state index is 0.412. The predicted octanol–water partition coefficient (Wildman–Crippen LogP) is 4.13. The third kappa shape index (κ3) is 3.70. The molecule has 1 aromatic heterocycles. The number of hydrogen-bond donors (Lipinski definition) is 1. The molecule has 1 aromatic carbocycles. The normalized spacial score (nSPS) is 10.7. The van der Waals surface area contributed by atoms with E-state index in [1.807, 2.05) is 24.3 Å². The maximum atomic E-state index is 5.89. The minimum absolute atomic E-state index is 0.412. The fraction of sp³-hybridized carbons (Fsp3) is 0.267. The van der Waals surface area contributed by atoms with Crippen LogP contribution in [0, 0.1) is 0 Å². The van der Waals surface area contributed by atoms with Crippen molar-refractivity contribution in [3.63, 3.8) is 0 Å². The van der Waals surface area contributed by atoms with E-state index >= 15 is 0 Å². The summed E-state index contributed by atoms with van der Waals surface area (Å²) in [7, 11) is 0.